The van der Waals surface area contributed by atoms with Crippen molar-refractivity contribution in [1.29, 1.82) is 0 Å². The fourth-order valence-corrected chi connectivity index (χ4v) is 3.70. The highest BCUT2D eigenvalue weighted by Crippen LogP contribution is 2.20. The van der Waals surface area contributed by atoms with Gasteiger partial charge in [-0.05, 0) is 43.5 Å². The summed E-state index contributed by atoms with van der Waals surface area (Å²) in [4.78, 5) is 18.4. The fourth-order valence-electron chi connectivity index (χ4n) is 3.70. The Morgan fingerprint density at radius 2 is 1.83 bits per heavy atom. The molecule has 2 aromatic carbocycles. The molecule has 2 aromatic rings. The predicted molar refractivity (Wildman–Crippen MR) is 133 cm³/mol. The molecule has 3 rings (SSSR count). The van der Waals surface area contributed by atoms with Gasteiger partial charge in [0.05, 0.1) is 6.54 Å². The quantitative estimate of drug-likeness (QED) is 0.297. The Morgan fingerprint density at radius 1 is 1.13 bits per heavy atom. The molecule has 1 aliphatic rings. The zero-order valence-corrected chi connectivity index (χ0v) is 20.0. The molecule has 0 spiro atoms. The highest BCUT2D eigenvalue weighted by Gasteiger charge is 2.29. The van der Waals surface area contributed by atoms with Crippen molar-refractivity contribution in [3.8, 4) is 0 Å². The number of hydrogen-bond donors (Lipinski definition) is 3. The van der Waals surface area contributed by atoms with Crippen LogP contribution in [0.2, 0.25) is 0 Å². The first kappa shape index (κ1) is 24.1. The summed E-state index contributed by atoms with van der Waals surface area (Å²) >= 11 is 0. The number of rotatable bonds is 7. The van der Waals surface area contributed by atoms with Crippen molar-refractivity contribution in [1.82, 2.24) is 15.5 Å². The normalized spacial score (nSPS) is 19.2. The van der Waals surface area contributed by atoms with E-state index in [1.54, 1.807) is 12.1 Å². The van der Waals surface area contributed by atoms with Crippen LogP contribution in [0.3, 0.4) is 0 Å². The minimum atomic E-state index is -0.412. The monoisotopic (exact) mass is 521 g/mol. The van der Waals surface area contributed by atoms with Crippen molar-refractivity contribution < 1.29 is 4.79 Å². The summed E-state index contributed by atoms with van der Waals surface area (Å²) in [6, 6.07) is 18.8. The third kappa shape index (κ3) is 6.98. The number of amides is 1. The zero-order valence-electron chi connectivity index (χ0n) is 17.7. The molecular weight excluding hydrogens is 489 g/mol. The summed E-state index contributed by atoms with van der Waals surface area (Å²) in [5.41, 5.74) is 8.20. The van der Waals surface area contributed by atoms with E-state index in [1.165, 1.54) is 5.56 Å². The zero-order chi connectivity index (χ0) is 20.6. The van der Waals surface area contributed by atoms with Crippen LogP contribution in [0, 0.1) is 0 Å². The number of guanidine groups is 1. The second kappa shape index (κ2) is 11.9. The fraction of sp³-hybridized carbons (Fsp3) is 0.391. The molecule has 4 N–H and O–H groups in total. The summed E-state index contributed by atoms with van der Waals surface area (Å²) in [5.74, 6) is 0.413. The minimum Gasteiger partial charge on any atom is -0.366 e. The van der Waals surface area contributed by atoms with E-state index in [1.807, 2.05) is 12.1 Å². The average molecular weight is 521 g/mol. The Bertz CT molecular complexity index is 825. The molecule has 0 aliphatic carbocycles. The van der Waals surface area contributed by atoms with Crippen LogP contribution in [-0.2, 0) is 13.1 Å². The number of halogens is 1. The summed E-state index contributed by atoms with van der Waals surface area (Å²) in [5, 5.41) is 6.92. The Labute approximate surface area is 196 Å². The van der Waals surface area contributed by atoms with Crippen LogP contribution >= 0.6 is 24.0 Å². The molecule has 2 unspecified atom stereocenters. The highest BCUT2D eigenvalue weighted by atomic mass is 127. The Hall–Kier alpha value is -2.13. The van der Waals surface area contributed by atoms with Crippen LogP contribution < -0.4 is 16.4 Å². The molecule has 0 radical (unpaired) electrons. The smallest absolute Gasteiger partial charge is 0.248 e. The second-order valence-electron chi connectivity index (χ2n) is 7.60. The maximum atomic E-state index is 11.2. The van der Waals surface area contributed by atoms with Crippen molar-refractivity contribution in [2.45, 2.75) is 45.4 Å². The van der Waals surface area contributed by atoms with Crippen molar-refractivity contribution in [2.75, 3.05) is 13.1 Å². The van der Waals surface area contributed by atoms with Crippen LogP contribution in [-0.4, -0.2) is 41.9 Å². The summed E-state index contributed by atoms with van der Waals surface area (Å²) in [6.07, 6.45) is 1.09. The maximum Gasteiger partial charge on any atom is 0.248 e. The number of nitrogens with two attached hydrogens (primary N) is 1. The molecule has 2 atom stereocenters. The number of carbonyl (C=O) groups is 1. The van der Waals surface area contributed by atoms with E-state index >= 15 is 0 Å². The number of nitrogens with one attached hydrogen (secondary N) is 2. The Kier molecular flexibility index (Phi) is 9.58. The van der Waals surface area contributed by atoms with Crippen LogP contribution in [0.5, 0.6) is 0 Å². The van der Waals surface area contributed by atoms with Gasteiger partial charge in [0.15, 0.2) is 5.96 Å². The van der Waals surface area contributed by atoms with Crippen molar-refractivity contribution in [2.24, 2.45) is 10.7 Å². The van der Waals surface area contributed by atoms with Crippen LogP contribution in [0.25, 0.3) is 0 Å². The Balaban J connectivity index is 0.00000320. The van der Waals surface area contributed by atoms with Crippen LogP contribution in [0.15, 0.2) is 59.6 Å². The van der Waals surface area contributed by atoms with Gasteiger partial charge >= 0.3 is 0 Å². The molecule has 1 saturated heterocycles. The van der Waals surface area contributed by atoms with E-state index in [0.29, 0.717) is 24.2 Å². The molecule has 1 fully saturated rings. The van der Waals surface area contributed by atoms with Gasteiger partial charge in [-0.3, -0.25) is 9.69 Å². The van der Waals surface area contributed by atoms with Gasteiger partial charge in [0.1, 0.15) is 0 Å². The molecule has 1 heterocycles. The molecule has 162 valence electrons. The third-order valence-corrected chi connectivity index (χ3v) is 5.28. The minimum absolute atomic E-state index is 0. The standard InChI is InChI=1S/C23H31N5O.HI/c1-3-25-23(26-14-18-9-11-20(12-10-18)22(24)29)27-21-13-17(2)28(16-21)15-19-7-5-4-6-8-19;/h4-12,17,21H,3,13-16H2,1-2H3,(H2,24,29)(H2,25,26,27);1H. The molecule has 1 aliphatic heterocycles. The number of aliphatic imine (C=N–C) groups is 1. The van der Waals surface area contributed by atoms with Gasteiger partial charge in [0.25, 0.3) is 0 Å². The van der Waals surface area contributed by atoms with Crippen molar-refractivity contribution in [3.63, 3.8) is 0 Å². The van der Waals surface area contributed by atoms with E-state index in [9.17, 15) is 4.79 Å². The number of hydrogen-bond acceptors (Lipinski definition) is 3. The number of primary amides is 1. The topological polar surface area (TPSA) is 82.7 Å². The number of likely N-dealkylation sites (tertiary alicyclic amines) is 1. The first-order chi connectivity index (χ1) is 14.0. The van der Waals surface area contributed by atoms with Crippen LogP contribution in [0.1, 0.15) is 41.8 Å². The molecule has 0 bridgehead atoms. The lowest BCUT2D eigenvalue weighted by Crippen LogP contribution is -2.44. The van der Waals surface area contributed by atoms with Gasteiger partial charge in [-0.1, -0.05) is 42.5 Å². The van der Waals surface area contributed by atoms with E-state index in [2.05, 4.69) is 59.7 Å². The number of benzene rings is 2. The third-order valence-electron chi connectivity index (χ3n) is 5.28. The van der Waals surface area contributed by atoms with Gasteiger partial charge < -0.3 is 16.4 Å². The first-order valence-corrected chi connectivity index (χ1v) is 10.3. The lowest BCUT2D eigenvalue weighted by atomic mass is 10.1. The SMILES string of the molecule is CCNC(=NCc1ccc(C(N)=O)cc1)NC1CC(C)N(Cc2ccccc2)C1.I. The van der Waals surface area contributed by atoms with Gasteiger partial charge in [-0.2, -0.15) is 0 Å². The van der Waals surface area contributed by atoms with Crippen molar-refractivity contribution in [3.05, 3.63) is 71.3 Å². The van der Waals surface area contributed by atoms with Crippen molar-refractivity contribution >= 4 is 35.8 Å². The molecule has 7 heteroatoms. The molecular formula is C23H32IN5O. The maximum absolute atomic E-state index is 11.2. The summed E-state index contributed by atoms with van der Waals surface area (Å²) in [6.45, 7) is 7.67. The molecule has 6 nitrogen and oxygen atoms in total. The van der Waals surface area contributed by atoms with E-state index < -0.39 is 5.91 Å². The number of nitrogens with zero attached hydrogens (tertiary/aromatic N) is 2. The van der Waals surface area contributed by atoms with E-state index in [-0.39, 0.29) is 24.0 Å². The molecule has 0 saturated carbocycles. The summed E-state index contributed by atoms with van der Waals surface area (Å²) in [7, 11) is 0. The second-order valence-corrected chi connectivity index (χ2v) is 7.60. The van der Waals surface area contributed by atoms with E-state index in [0.717, 1.165) is 37.6 Å². The van der Waals surface area contributed by atoms with Gasteiger partial charge in [-0.25, -0.2) is 4.99 Å². The molecule has 0 aromatic heterocycles. The average Bonchev–Trinajstić information content (AvgIpc) is 3.06. The largest absolute Gasteiger partial charge is 0.366 e. The first-order valence-electron chi connectivity index (χ1n) is 10.3. The summed E-state index contributed by atoms with van der Waals surface area (Å²) < 4.78 is 0. The Morgan fingerprint density at radius 3 is 2.47 bits per heavy atom. The highest BCUT2D eigenvalue weighted by molar-refractivity contribution is 14.0. The van der Waals surface area contributed by atoms with Gasteiger partial charge in [-0.15, -0.1) is 24.0 Å². The van der Waals surface area contributed by atoms with Gasteiger partial charge in [0.2, 0.25) is 5.91 Å². The lowest BCUT2D eigenvalue weighted by molar-refractivity contribution is 0.100. The van der Waals surface area contributed by atoms with Gasteiger partial charge in [0, 0.05) is 37.3 Å². The van der Waals surface area contributed by atoms with E-state index in [4.69, 9.17) is 10.7 Å². The van der Waals surface area contributed by atoms with Crippen LogP contribution in [0.4, 0.5) is 0 Å². The molecule has 30 heavy (non-hydrogen) atoms. The molecule has 1 amide bonds. The lowest BCUT2D eigenvalue weighted by Gasteiger charge is -2.21. The predicted octanol–water partition coefficient (Wildman–Crippen LogP) is 3.12. The number of carbonyl (C=O) groups excluding carboxylic acids is 1.